The maximum Gasteiger partial charge on any atom is 0.327 e. The van der Waals surface area contributed by atoms with Crippen LogP contribution in [0.15, 0.2) is 57.6 Å². The molecule has 304 valence electrons. The lowest BCUT2D eigenvalue weighted by molar-refractivity contribution is -0.159. The number of aryl methyl sites for hydroxylation is 2. The van der Waals surface area contributed by atoms with Crippen LogP contribution in [0.1, 0.15) is 59.9 Å². The van der Waals surface area contributed by atoms with Gasteiger partial charge < -0.3 is 39.7 Å². The van der Waals surface area contributed by atoms with Gasteiger partial charge in [-0.25, -0.2) is 9.59 Å². The molecule has 8 rings (SSSR count). The highest BCUT2D eigenvalue weighted by molar-refractivity contribution is 8.02. The summed E-state index contributed by atoms with van der Waals surface area (Å²) in [6.07, 6.45) is 0. The Morgan fingerprint density at radius 1 is 0.672 bits per heavy atom. The quantitative estimate of drug-likeness (QED) is 0.169. The molecule has 58 heavy (non-hydrogen) atoms. The number of β-lactam (4-membered cyclic amide) rings is 2. The van der Waals surface area contributed by atoms with E-state index in [1.807, 2.05) is 0 Å². The van der Waals surface area contributed by atoms with Gasteiger partial charge in [-0.15, -0.1) is 23.5 Å². The SMILES string of the molecule is Cc1onc(-c2ccccc2Cl)c1C(=O)N[C@@H]1C(=O)N2[C@@H]1SC(C)(C)[C@@H]2C(=O)O.Cc1onc(-c2ccccc2Cl)c1C(=O)N[C@@H]1C(=O)N2[C@@H]1SC(C)(C)[C@@H]2C(=O)O. The first-order chi connectivity index (χ1) is 27.3. The number of carbonyl (C=O) groups is 6. The van der Waals surface area contributed by atoms with Crippen LogP contribution in [-0.2, 0) is 19.2 Å². The molecule has 6 heterocycles. The minimum absolute atomic E-state index is 0.196. The number of hydrogen-bond donors (Lipinski definition) is 4. The van der Waals surface area contributed by atoms with Crippen LogP contribution in [0.5, 0.6) is 0 Å². The second kappa shape index (κ2) is 15.0. The molecule has 4 fully saturated rings. The zero-order valence-electron chi connectivity index (χ0n) is 31.6. The normalized spacial score (nSPS) is 24.8. The number of thioether (sulfide) groups is 2. The Labute approximate surface area is 349 Å². The van der Waals surface area contributed by atoms with Crippen molar-refractivity contribution < 1.29 is 48.0 Å². The van der Waals surface area contributed by atoms with E-state index in [0.29, 0.717) is 32.7 Å². The molecule has 4 aliphatic heterocycles. The third-order valence-electron chi connectivity index (χ3n) is 10.4. The Hall–Kier alpha value is -5.04. The number of nitrogens with zero attached hydrogens (tertiary/aromatic N) is 4. The van der Waals surface area contributed by atoms with E-state index >= 15 is 0 Å². The van der Waals surface area contributed by atoms with E-state index in [9.17, 15) is 39.0 Å². The largest absolute Gasteiger partial charge is 0.480 e. The standard InChI is InChI=1S/2C19H18ClN3O5S/c2*1-8-11(12(22-28-8)9-6-4-5-7-10(9)20)15(24)21-13-16(25)23-14(18(26)27)19(2,3)29-17(13)23/h2*4-7,13-14,17H,1-3H3,(H,21,24)(H,26,27)/t2*13-,14+,17-/m11/s1. The topological polar surface area (TPSA) is 225 Å². The predicted molar refractivity (Wildman–Crippen MR) is 213 cm³/mol. The highest BCUT2D eigenvalue weighted by atomic mass is 35.5. The van der Waals surface area contributed by atoms with Gasteiger partial charge in [0, 0.05) is 20.6 Å². The maximum absolute atomic E-state index is 13.0. The van der Waals surface area contributed by atoms with Crippen LogP contribution in [0.3, 0.4) is 0 Å². The molecule has 0 aliphatic carbocycles. The lowest BCUT2D eigenvalue weighted by Gasteiger charge is -2.43. The molecule has 2 aromatic heterocycles. The van der Waals surface area contributed by atoms with Gasteiger partial charge in [-0.05, 0) is 53.7 Å². The lowest BCUT2D eigenvalue weighted by Crippen LogP contribution is -2.70. The second-order valence-corrected chi connectivity index (χ2v) is 19.3. The van der Waals surface area contributed by atoms with E-state index in [0.717, 1.165) is 0 Å². The maximum atomic E-state index is 13.0. The summed E-state index contributed by atoms with van der Waals surface area (Å²) < 4.78 is 9.08. The fourth-order valence-corrected chi connectivity index (χ4v) is 11.4. The fraction of sp³-hybridized carbons (Fsp3) is 0.368. The van der Waals surface area contributed by atoms with Crippen LogP contribution in [0, 0.1) is 13.8 Å². The van der Waals surface area contributed by atoms with Crippen molar-refractivity contribution in [1.82, 2.24) is 30.7 Å². The van der Waals surface area contributed by atoms with Crippen molar-refractivity contribution in [2.75, 3.05) is 0 Å². The summed E-state index contributed by atoms with van der Waals surface area (Å²) in [5.74, 6) is -3.39. The van der Waals surface area contributed by atoms with E-state index in [1.165, 1.54) is 33.3 Å². The van der Waals surface area contributed by atoms with Gasteiger partial charge in [0.2, 0.25) is 11.8 Å². The average molecular weight is 872 g/mol. The average Bonchev–Trinajstić information content (AvgIpc) is 3.87. The third-order valence-corrected chi connectivity index (χ3v) is 14.2. The van der Waals surface area contributed by atoms with Gasteiger partial charge in [-0.2, -0.15) is 0 Å². The molecule has 4 aliphatic rings. The van der Waals surface area contributed by atoms with Crippen LogP contribution in [0.2, 0.25) is 10.0 Å². The van der Waals surface area contributed by atoms with E-state index in [-0.39, 0.29) is 22.5 Å². The zero-order chi connectivity index (χ0) is 42.2. The van der Waals surface area contributed by atoms with Crippen LogP contribution in [-0.4, -0.2) is 110 Å². The molecule has 0 bridgehead atoms. The molecule has 4 aromatic rings. The Morgan fingerprint density at radius 2 is 1.02 bits per heavy atom. The first-order valence-corrected chi connectivity index (χ1v) is 20.3. The number of carboxylic acid groups (broad SMARTS) is 2. The molecule has 0 unspecified atom stereocenters. The van der Waals surface area contributed by atoms with Gasteiger partial charge in [-0.1, -0.05) is 69.9 Å². The van der Waals surface area contributed by atoms with Gasteiger partial charge >= 0.3 is 11.9 Å². The summed E-state index contributed by atoms with van der Waals surface area (Å²) in [5, 5.41) is 32.3. The number of rotatable bonds is 8. The molecule has 2 aromatic carbocycles. The molecule has 0 saturated carbocycles. The first kappa shape index (κ1) is 41.1. The van der Waals surface area contributed by atoms with E-state index in [1.54, 1.807) is 90.1 Å². The number of benzene rings is 2. The molecule has 4 amide bonds. The summed E-state index contributed by atoms with van der Waals surface area (Å²) in [6, 6.07) is 10.4. The minimum Gasteiger partial charge on any atom is -0.480 e. The molecule has 20 heteroatoms. The van der Waals surface area contributed by atoms with E-state index < -0.39 is 80.0 Å². The van der Waals surface area contributed by atoms with Gasteiger partial charge in [-0.3, -0.25) is 19.2 Å². The predicted octanol–water partition coefficient (Wildman–Crippen LogP) is 5.10. The number of fused-ring (bicyclic) bond motifs is 2. The van der Waals surface area contributed by atoms with Crippen LogP contribution >= 0.6 is 46.7 Å². The number of aliphatic carboxylic acids is 2. The number of carbonyl (C=O) groups excluding carboxylic acids is 4. The molecular formula is C38H36Cl2N6O10S2. The second-order valence-electron chi connectivity index (χ2n) is 15.0. The Morgan fingerprint density at radius 3 is 1.34 bits per heavy atom. The Balaban J connectivity index is 0.000000177. The number of carboxylic acids is 2. The van der Waals surface area contributed by atoms with Crippen molar-refractivity contribution in [3.63, 3.8) is 0 Å². The third kappa shape index (κ3) is 6.78. The summed E-state index contributed by atoms with van der Waals surface area (Å²) in [6.45, 7) is 10.3. The van der Waals surface area contributed by atoms with Crippen LogP contribution < -0.4 is 10.6 Å². The van der Waals surface area contributed by atoms with Crippen LogP contribution in [0.4, 0.5) is 0 Å². The Kier molecular flexibility index (Phi) is 10.6. The number of hydrogen-bond acceptors (Lipinski definition) is 12. The van der Waals surface area contributed by atoms with Gasteiger partial charge in [0.05, 0.1) is 10.0 Å². The van der Waals surface area contributed by atoms with Crippen molar-refractivity contribution >= 4 is 82.3 Å². The first-order valence-electron chi connectivity index (χ1n) is 17.8. The zero-order valence-corrected chi connectivity index (χ0v) is 34.7. The van der Waals surface area contributed by atoms with Crippen LogP contribution in [0.25, 0.3) is 22.5 Å². The fourth-order valence-electron chi connectivity index (χ4n) is 7.67. The number of amides is 4. The molecule has 4 saturated heterocycles. The highest BCUT2D eigenvalue weighted by Gasteiger charge is 2.65. The molecule has 0 radical (unpaired) electrons. The number of halogens is 2. The van der Waals surface area contributed by atoms with E-state index in [4.69, 9.17) is 32.2 Å². The molecule has 16 nitrogen and oxygen atoms in total. The van der Waals surface area contributed by atoms with Crippen molar-refractivity contribution in [3.05, 3.63) is 81.2 Å². The molecular weight excluding hydrogens is 835 g/mol. The van der Waals surface area contributed by atoms with Crippen molar-refractivity contribution in [3.8, 4) is 22.5 Å². The van der Waals surface area contributed by atoms with Gasteiger partial charge in [0.15, 0.2) is 0 Å². The van der Waals surface area contributed by atoms with E-state index in [2.05, 4.69) is 20.9 Å². The molecule has 0 spiro atoms. The highest BCUT2D eigenvalue weighted by Crippen LogP contribution is 2.52. The van der Waals surface area contributed by atoms with Gasteiger partial charge in [0.1, 0.15) is 69.0 Å². The summed E-state index contributed by atoms with van der Waals surface area (Å²) in [4.78, 5) is 77.1. The minimum atomic E-state index is -1.06. The number of aromatic nitrogens is 2. The Bertz CT molecular complexity index is 2240. The monoisotopic (exact) mass is 870 g/mol. The van der Waals surface area contributed by atoms with Crippen molar-refractivity contribution in [2.45, 2.75) is 86.0 Å². The summed E-state index contributed by atoms with van der Waals surface area (Å²) in [5.41, 5.74) is 2.05. The molecule has 4 N–H and O–H groups in total. The summed E-state index contributed by atoms with van der Waals surface area (Å²) in [7, 11) is 0. The summed E-state index contributed by atoms with van der Waals surface area (Å²) >= 11 is 15.2. The lowest BCUT2D eigenvalue weighted by atomic mass is 9.95. The number of nitrogens with one attached hydrogen (secondary N) is 2. The van der Waals surface area contributed by atoms with Crippen molar-refractivity contribution in [2.24, 2.45) is 0 Å². The van der Waals surface area contributed by atoms with Gasteiger partial charge in [0.25, 0.3) is 11.8 Å². The smallest absolute Gasteiger partial charge is 0.327 e. The molecule has 6 atom stereocenters. The van der Waals surface area contributed by atoms with Crippen molar-refractivity contribution in [1.29, 1.82) is 0 Å².